The van der Waals surface area contributed by atoms with E-state index < -0.39 is 10.0 Å². The van der Waals surface area contributed by atoms with E-state index in [0.717, 1.165) is 30.9 Å². The number of anilines is 1. The van der Waals surface area contributed by atoms with E-state index in [1.807, 2.05) is 60.7 Å². The summed E-state index contributed by atoms with van der Waals surface area (Å²) in [5.74, 6) is -0.167. The first-order chi connectivity index (χ1) is 19.9. The van der Waals surface area contributed by atoms with Gasteiger partial charge in [-0.3, -0.25) is 9.62 Å². The van der Waals surface area contributed by atoms with Gasteiger partial charge in [0.25, 0.3) is 0 Å². The number of likely N-dealkylation sites (tertiary alicyclic amines) is 1. The fourth-order valence-electron chi connectivity index (χ4n) is 5.35. The lowest BCUT2D eigenvalue weighted by atomic mass is 10.0. The lowest BCUT2D eigenvalue weighted by Crippen LogP contribution is -2.18. The van der Waals surface area contributed by atoms with Gasteiger partial charge >= 0.3 is 0 Å². The molecule has 2 heterocycles. The van der Waals surface area contributed by atoms with E-state index in [-0.39, 0.29) is 11.6 Å². The van der Waals surface area contributed by atoms with Crippen molar-refractivity contribution in [1.82, 2.24) is 9.88 Å². The van der Waals surface area contributed by atoms with Gasteiger partial charge in [-0.2, -0.15) is 0 Å². The van der Waals surface area contributed by atoms with Crippen molar-refractivity contribution in [3.63, 3.8) is 0 Å². The molecule has 0 spiro atoms. The summed E-state index contributed by atoms with van der Waals surface area (Å²) in [5.41, 5.74) is 5.73. The van der Waals surface area contributed by atoms with Gasteiger partial charge in [0, 0.05) is 28.7 Å². The van der Waals surface area contributed by atoms with Crippen molar-refractivity contribution in [3.05, 3.63) is 125 Å². The van der Waals surface area contributed by atoms with Crippen molar-refractivity contribution >= 4 is 38.0 Å². The third-order valence-electron chi connectivity index (χ3n) is 7.32. The fourth-order valence-corrected chi connectivity index (χ4v) is 6.54. The second kappa shape index (κ2) is 11.6. The summed E-state index contributed by atoms with van der Waals surface area (Å²) in [5, 5.41) is 11.7. The zero-order valence-electron chi connectivity index (χ0n) is 22.6. The van der Waals surface area contributed by atoms with Crippen LogP contribution in [0.1, 0.15) is 35.1 Å². The van der Waals surface area contributed by atoms with E-state index in [4.69, 9.17) is 4.99 Å². The largest absolute Gasteiger partial charge is 0.494 e. The van der Waals surface area contributed by atoms with E-state index in [1.165, 1.54) is 18.4 Å². The highest BCUT2D eigenvalue weighted by atomic mass is 32.2. The Morgan fingerprint density at radius 1 is 0.854 bits per heavy atom. The van der Waals surface area contributed by atoms with Gasteiger partial charge in [0.05, 0.1) is 22.7 Å². The molecule has 6 rings (SSSR count). The maximum atomic E-state index is 12.9. The Balaban J connectivity index is 1.36. The Morgan fingerprint density at radius 2 is 1.54 bits per heavy atom. The van der Waals surface area contributed by atoms with E-state index in [9.17, 15) is 13.5 Å². The Bertz CT molecular complexity index is 1780. The topological polar surface area (TPSA) is 97.8 Å². The van der Waals surface area contributed by atoms with Crippen LogP contribution < -0.4 is 4.72 Å². The van der Waals surface area contributed by atoms with Crippen LogP contribution in [0.5, 0.6) is 5.88 Å². The molecule has 5 aromatic rings. The Hall–Kier alpha value is -4.40. The smallest absolute Gasteiger partial charge is 0.236 e. The Kier molecular flexibility index (Phi) is 7.59. The molecular formula is C33H32N4O3S. The van der Waals surface area contributed by atoms with Crippen molar-refractivity contribution in [1.29, 1.82) is 0 Å². The van der Waals surface area contributed by atoms with E-state index in [2.05, 4.69) is 26.7 Å². The molecule has 1 saturated heterocycles. The van der Waals surface area contributed by atoms with Crippen LogP contribution in [0.3, 0.4) is 0 Å². The number of nitrogens with zero attached hydrogens (tertiary/aromatic N) is 2. The highest BCUT2D eigenvalue weighted by Gasteiger charge is 2.20. The molecule has 3 N–H and O–H groups in total. The molecule has 208 valence electrons. The Morgan fingerprint density at radius 3 is 2.24 bits per heavy atom. The predicted octanol–water partition coefficient (Wildman–Crippen LogP) is 6.58. The molecule has 1 aliphatic heterocycles. The van der Waals surface area contributed by atoms with Crippen LogP contribution in [0.25, 0.3) is 10.9 Å². The number of aliphatic imine (C=N–C) groups is 1. The van der Waals surface area contributed by atoms with Gasteiger partial charge in [0.1, 0.15) is 0 Å². The number of sulfonamides is 1. The first kappa shape index (κ1) is 26.8. The standard InChI is InChI=1S/C33H32N4O3S/c38-33-31(29-21-28(17-18-30(29)35-33)36-41(39,40)23-25-9-3-1-4-10-25)32(26-11-5-2-6-12-26)34-27-15-13-24(14-16-27)22-37-19-7-8-20-37/h1-6,9-18,21,35-36,38H,7-8,19-20,22-23H2. The number of benzene rings is 4. The van der Waals surface area contributed by atoms with Crippen molar-refractivity contribution in [2.24, 2.45) is 4.99 Å². The maximum absolute atomic E-state index is 12.9. The third kappa shape index (κ3) is 6.34. The van der Waals surface area contributed by atoms with Crippen molar-refractivity contribution in [3.8, 4) is 5.88 Å². The summed E-state index contributed by atoms with van der Waals surface area (Å²) in [6.45, 7) is 3.21. The minimum atomic E-state index is -3.65. The number of aromatic nitrogens is 1. The van der Waals surface area contributed by atoms with Crippen LogP contribution in [-0.2, 0) is 22.3 Å². The molecule has 0 saturated carbocycles. The molecule has 0 unspecified atom stereocenters. The highest BCUT2D eigenvalue weighted by molar-refractivity contribution is 7.91. The van der Waals surface area contributed by atoms with Crippen LogP contribution in [-0.4, -0.2) is 42.2 Å². The molecule has 0 atom stereocenters. The molecule has 1 aliphatic rings. The monoisotopic (exact) mass is 564 g/mol. The number of H-pyrrole nitrogens is 1. The molecule has 1 fully saturated rings. The van der Waals surface area contributed by atoms with Crippen LogP contribution in [0.4, 0.5) is 11.4 Å². The summed E-state index contributed by atoms with van der Waals surface area (Å²) in [6.07, 6.45) is 2.51. The lowest BCUT2D eigenvalue weighted by molar-refractivity contribution is 0.331. The summed E-state index contributed by atoms with van der Waals surface area (Å²) in [7, 11) is -3.65. The molecule has 0 aliphatic carbocycles. The first-order valence-electron chi connectivity index (χ1n) is 13.8. The zero-order chi connectivity index (χ0) is 28.2. The molecule has 0 radical (unpaired) electrons. The summed E-state index contributed by atoms with van der Waals surface area (Å²) in [4.78, 5) is 10.5. The first-order valence-corrected chi connectivity index (χ1v) is 15.4. The summed E-state index contributed by atoms with van der Waals surface area (Å²) >= 11 is 0. The van der Waals surface area contributed by atoms with Crippen LogP contribution in [0.15, 0.2) is 108 Å². The van der Waals surface area contributed by atoms with Gasteiger partial charge in [-0.15, -0.1) is 0 Å². The SMILES string of the molecule is O=S(=O)(Cc1ccccc1)Nc1ccc2[nH]c(O)c(C(=Nc3ccc(CN4CCCC4)cc3)c3ccccc3)c2c1. The number of aromatic amines is 1. The fraction of sp³-hybridized carbons (Fsp3) is 0.182. The number of nitrogens with one attached hydrogen (secondary N) is 2. The quantitative estimate of drug-likeness (QED) is 0.176. The summed E-state index contributed by atoms with van der Waals surface area (Å²) in [6, 6.07) is 32.1. The molecule has 1 aromatic heterocycles. The van der Waals surface area contributed by atoms with Crippen molar-refractivity contribution in [2.45, 2.75) is 25.1 Å². The molecule has 0 bridgehead atoms. The van der Waals surface area contributed by atoms with Crippen LogP contribution >= 0.6 is 0 Å². The lowest BCUT2D eigenvalue weighted by Gasteiger charge is -2.14. The molecular weight excluding hydrogens is 532 g/mol. The summed E-state index contributed by atoms with van der Waals surface area (Å²) < 4.78 is 28.6. The Labute approximate surface area is 240 Å². The molecule has 7 nitrogen and oxygen atoms in total. The van der Waals surface area contributed by atoms with Gasteiger partial charge in [0.15, 0.2) is 5.88 Å². The average Bonchev–Trinajstić information content (AvgIpc) is 3.60. The minimum absolute atomic E-state index is 0.0300. The van der Waals surface area contributed by atoms with Crippen molar-refractivity contribution in [2.75, 3.05) is 17.8 Å². The van der Waals surface area contributed by atoms with Crippen molar-refractivity contribution < 1.29 is 13.5 Å². The predicted molar refractivity (Wildman–Crippen MR) is 165 cm³/mol. The number of rotatable bonds is 9. The number of aromatic hydroxyl groups is 1. The minimum Gasteiger partial charge on any atom is -0.494 e. The zero-order valence-corrected chi connectivity index (χ0v) is 23.4. The van der Waals surface area contributed by atoms with Crippen LogP contribution in [0.2, 0.25) is 0 Å². The van der Waals surface area contributed by atoms with Gasteiger partial charge in [-0.1, -0.05) is 72.8 Å². The number of fused-ring (bicyclic) bond motifs is 1. The van der Waals surface area contributed by atoms with Crippen LogP contribution in [0, 0.1) is 0 Å². The van der Waals surface area contributed by atoms with E-state index in [0.29, 0.717) is 33.4 Å². The van der Waals surface area contributed by atoms with E-state index in [1.54, 1.807) is 30.3 Å². The molecule has 41 heavy (non-hydrogen) atoms. The maximum Gasteiger partial charge on any atom is 0.236 e. The van der Waals surface area contributed by atoms with Gasteiger partial charge in [0.2, 0.25) is 10.0 Å². The average molecular weight is 565 g/mol. The van der Waals surface area contributed by atoms with Gasteiger partial charge in [-0.25, -0.2) is 13.4 Å². The second-order valence-electron chi connectivity index (χ2n) is 10.4. The third-order valence-corrected chi connectivity index (χ3v) is 8.58. The van der Waals surface area contributed by atoms with Gasteiger partial charge in [-0.05, 0) is 67.4 Å². The molecule has 4 aromatic carbocycles. The number of hydrogen-bond acceptors (Lipinski definition) is 5. The number of hydrogen-bond donors (Lipinski definition) is 3. The normalized spacial score (nSPS) is 14.5. The van der Waals surface area contributed by atoms with E-state index >= 15 is 0 Å². The van der Waals surface area contributed by atoms with Gasteiger partial charge < -0.3 is 10.1 Å². The molecule has 8 heteroatoms. The second-order valence-corrected chi connectivity index (χ2v) is 12.2. The molecule has 0 amide bonds. The highest BCUT2D eigenvalue weighted by Crippen LogP contribution is 2.33.